The van der Waals surface area contributed by atoms with Gasteiger partial charge < -0.3 is 9.47 Å². The number of methoxy groups -OCH3 is 1. The van der Waals surface area contributed by atoms with E-state index in [4.69, 9.17) is 9.47 Å². The third kappa shape index (κ3) is 2.72. The molecule has 1 aliphatic rings. The molecule has 0 aliphatic carbocycles. The van der Waals surface area contributed by atoms with E-state index >= 15 is 0 Å². The summed E-state index contributed by atoms with van der Waals surface area (Å²) in [5.41, 5.74) is 3.65. The Morgan fingerprint density at radius 3 is 2.33 bits per heavy atom. The molecule has 1 aromatic carbocycles. The molecule has 1 saturated heterocycles. The number of ether oxygens (including phenoxy) is 2. The maximum atomic E-state index is 5.94. The van der Waals surface area contributed by atoms with Crippen LogP contribution in [0.1, 0.15) is 41.3 Å². The van der Waals surface area contributed by atoms with Crippen molar-refractivity contribution in [2.45, 2.75) is 50.6 Å². The summed E-state index contributed by atoms with van der Waals surface area (Å²) < 4.78 is 11.3. The van der Waals surface area contributed by atoms with E-state index in [2.05, 4.69) is 48.8 Å². The molecule has 18 heavy (non-hydrogen) atoms. The highest BCUT2D eigenvalue weighted by molar-refractivity contribution is 9.09. The van der Waals surface area contributed by atoms with Gasteiger partial charge in [0.2, 0.25) is 0 Å². The summed E-state index contributed by atoms with van der Waals surface area (Å²) in [6.45, 7) is 6.32. The molecule has 3 heteroatoms. The molecule has 0 bridgehead atoms. The van der Waals surface area contributed by atoms with Crippen LogP contribution in [0.25, 0.3) is 0 Å². The average Bonchev–Trinajstić information content (AvgIpc) is 2.74. The Bertz CT molecular complexity index is 407. The van der Waals surface area contributed by atoms with Gasteiger partial charge in [-0.1, -0.05) is 28.1 Å². The predicted molar refractivity (Wildman–Crippen MR) is 77.7 cm³/mol. The van der Waals surface area contributed by atoms with Crippen molar-refractivity contribution >= 4 is 15.9 Å². The van der Waals surface area contributed by atoms with Gasteiger partial charge in [-0.15, -0.1) is 0 Å². The summed E-state index contributed by atoms with van der Waals surface area (Å²) in [4.78, 5) is 0.269. The molecule has 100 valence electrons. The summed E-state index contributed by atoms with van der Waals surface area (Å²) in [5.74, 6) is 0.985. The number of rotatable bonds is 3. The van der Waals surface area contributed by atoms with Crippen molar-refractivity contribution < 1.29 is 9.47 Å². The lowest BCUT2D eigenvalue weighted by Gasteiger charge is -2.20. The third-order valence-electron chi connectivity index (χ3n) is 3.60. The zero-order valence-corrected chi connectivity index (χ0v) is 13.1. The monoisotopic (exact) mass is 312 g/mol. The summed E-state index contributed by atoms with van der Waals surface area (Å²) in [6, 6.07) is 4.38. The fourth-order valence-corrected chi connectivity index (χ4v) is 3.38. The van der Waals surface area contributed by atoms with Crippen LogP contribution in [0.15, 0.2) is 12.1 Å². The molecule has 3 unspecified atom stereocenters. The fourth-order valence-electron chi connectivity index (χ4n) is 2.73. The molecular formula is C15H21BrO2. The molecule has 3 atom stereocenters. The molecule has 1 heterocycles. The van der Waals surface area contributed by atoms with Gasteiger partial charge in [0.1, 0.15) is 5.75 Å². The zero-order chi connectivity index (χ0) is 13.3. The minimum Gasteiger partial charge on any atom is -0.496 e. The SMILES string of the molecule is COc1c(C)cc(C(Br)C2CCC(C)O2)cc1C. The van der Waals surface area contributed by atoms with Crippen LogP contribution >= 0.6 is 15.9 Å². The van der Waals surface area contributed by atoms with Crippen molar-refractivity contribution in [3.05, 3.63) is 28.8 Å². The topological polar surface area (TPSA) is 18.5 Å². The number of hydrogen-bond donors (Lipinski definition) is 0. The van der Waals surface area contributed by atoms with Gasteiger partial charge >= 0.3 is 0 Å². The summed E-state index contributed by atoms with van der Waals surface area (Å²) in [6.07, 6.45) is 2.95. The van der Waals surface area contributed by atoms with Crippen LogP contribution < -0.4 is 4.74 Å². The van der Waals surface area contributed by atoms with Crippen LogP contribution in [0, 0.1) is 13.8 Å². The number of benzene rings is 1. The Morgan fingerprint density at radius 2 is 1.89 bits per heavy atom. The van der Waals surface area contributed by atoms with Crippen molar-refractivity contribution in [2.75, 3.05) is 7.11 Å². The Morgan fingerprint density at radius 1 is 1.28 bits per heavy atom. The average molecular weight is 313 g/mol. The van der Waals surface area contributed by atoms with E-state index in [9.17, 15) is 0 Å². The van der Waals surface area contributed by atoms with Crippen molar-refractivity contribution in [2.24, 2.45) is 0 Å². The van der Waals surface area contributed by atoms with Gasteiger partial charge in [0.25, 0.3) is 0 Å². The predicted octanol–water partition coefficient (Wildman–Crippen LogP) is 4.32. The molecule has 0 aromatic heterocycles. The van der Waals surface area contributed by atoms with Crippen LogP contribution in [0.3, 0.4) is 0 Å². The van der Waals surface area contributed by atoms with E-state index < -0.39 is 0 Å². The maximum absolute atomic E-state index is 5.94. The Hall–Kier alpha value is -0.540. The van der Waals surface area contributed by atoms with Crippen molar-refractivity contribution in [3.63, 3.8) is 0 Å². The second-order valence-electron chi connectivity index (χ2n) is 5.15. The highest BCUT2D eigenvalue weighted by Gasteiger charge is 2.29. The van der Waals surface area contributed by atoms with E-state index in [0.29, 0.717) is 6.10 Å². The van der Waals surface area contributed by atoms with Gasteiger partial charge in [0, 0.05) is 0 Å². The van der Waals surface area contributed by atoms with Crippen molar-refractivity contribution in [1.82, 2.24) is 0 Å². The minimum absolute atomic E-state index is 0.269. The molecular weight excluding hydrogens is 292 g/mol. The molecule has 0 spiro atoms. The molecule has 0 amide bonds. The van der Waals surface area contributed by atoms with Gasteiger partial charge in [-0.3, -0.25) is 0 Å². The van der Waals surface area contributed by atoms with E-state index in [-0.39, 0.29) is 10.9 Å². The highest BCUT2D eigenvalue weighted by Crippen LogP contribution is 2.38. The Balaban J connectivity index is 2.23. The van der Waals surface area contributed by atoms with Gasteiger partial charge in [0.05, 0.1) is 24.1 Å². The second kappa shape index (κ2) is 5.62. The first kappa shape index (κ1) is 13.9. The molecule has 2 rings (SSSR count). The molecule has 0 radical (unpaired) electrons. The molecule has 2 nitrogen and oxygen atoms in total. The van der Waals surface area contributed by atoms with Crippen molar-refractivity contribution in [1.29, 1.82) is 0 Å². The third-order valence-corrected chi connectivity index (χ3v) is 4.71. The molecule has 1 aliphatic heterocycles. The van der Waals surface area contributed by atoms with Crippen molar-refractivity contribution in [3.8, 4) is 5.75 Å². The standard InChI is InChI=1S/C15H21BrO2/c1-9-7-12(8-10(2)15(9)17-4)14(16)13-6-5-11(3)18-13/h7-8,11,13-14H,5-6H2,1-4H3. The number of halogens is 1. The number of hydrogen-bond acceptors (Lipinski definition) is 2. The zero-order valence-electron chi connectivity index (χ0n) is 11.5. The largest absolute Gasteiger partial charge is 0.496 e. The smallest absolute Gasteiger partial charge is 0.124 e. The van der Waals surface area contributed by atoms with Crippen LogP contribution in [0.4, 0.5) is 0 Å². The number of aryl methyl sites for hydroxylation is 2. The molecule has 0 saturated carbocycles. The van der Waals surface area contributed by atoms with E-state index in [1.165, 1.54) is 16.7 Å². The van der Waals surface area contributed by atoms with Gasteiger partial charge in [0.15, 0.2) is 0 Å². The minimum atomic E-state index is 0.269. The lowest BCUT2D eigenvalue weighted by Crippen LogP contribution is -2.14. The first-order chi connectivity index (χ1) is 8.52. The summed E-state index contributed by atoms with van der Waals surface area (Å²) in [5, 5.41) is 0. The summed E-state index contributed by atoms with van der Waals surface area (Å²) >= 11 is 3.79. The fraction of sp³-hybridized carbons (Fsp3) is 0.600. The Kier molecular flexibility index (Phi) is 4.33. The highest BCUT2D eigenvalue weighted by atomic mass is 79.9. The molecule has 1 aromatic rings. The molecule has 1 fully saturated rings. The van der Waals surface area contributed by atoms with E-state index in [1.54, 1.807) is 7.11 Å². The normalized spacial score (nSPS) is 25.2. The number of alkyl halides is 1. The molecule has 0 N–H and O–H groups in total. The first-order valence-corrected chi connectivity index (χ1v) is 7.39. The van der Waals surface area contributed by atoms with Gasteiger partial charge in [-0.2, -0.15) is 0 Å². The van der Waals surface area contributed by atoms with Crippen LogP contribution in [-0.2, 0) is 4.74 Å². The van der Waals surface area contributed by atoms with Crippen LogP contribution in [-0.4, -0.2) is 19.3 Å². The van der Waals surface area contributed by atoms with Gasteiger partial charge in [-0.25, -0.2) is 0 Å². The quantitative estimate of drug-likeness (QED) is 0.774. The lowest BCUT2D eigenvalue weighted by molar-refractivity contribution is 0.0556. The first-order valence-electron chi connectivity index (χ1n) is 6.47. The maximum Gasteiger partial charge on any atom is 0.124 e. The summed E-state index contributed by atoms with van der Waals surface area (Å²) in [7, 11) is 1.72. The lowest BCUT2D eigenvalue weighted by atomic mass is 10.00. The van der Waals surface area contributed by atoms with E-state index in [0.717, 1.165) is 18.6 Å². The Labute approximate surface area is 118 Å². The van der Waals surface area contributed by atoms with Crippen LogP contribution in [0.2, 0.25) is 0 Å². The van der Waals surface area contributed by atoms with E-state index in [1.807, 2.05) is 0 Å². The van der Waals surface area contributed by atoms with Crippen LogP contribution in [0.5, 0.6) is 5.75 Å². The van der Waals surface area contributed by atoms with Gasteiger partial charge in [-0.05, 0) is 50.3 Å². The second-order valence-corrected chi connectivity index (χ2v) is 6.14.